The van der Waals surface area contributed by atoms with Crippen molar-refractivity contribution in [2.75, 3.05) is 25.4 Å². The average Bonchev–Trinajstić information content (AvgIpc) is 2.78. The quantitative estimate of drug-likeness (QED) is 0.612. The van der Waals surface area contributed by atoms with Gasteiger partial charge in [0.1, 0.15) is 0 Å². The van der Waals surface area contributed by atoms with Gasteiger partial charge in [-0.25, -0.2) is 0 Å². The number of anilines is 1. The van der Waals surface area contributed by atoms with E-state index in [4.69, 9.17) is 0 Å². The molecule has 3 aromatic rings. The predicted molar refractivity (Wildman–Crippen MR) is 124 cm³/mol. The van der Waals surface area contributed by atoms with Gasteiger partial charge in [0.2, 0.25) is 0 Å². The highest BCUT2D eigenvalue weighted by Gasteiger charge is 2.22. The van der Waals surface area contributed by atoms with Crippen molar-refractivity contribution in [1.82, 2.24) is 9.62 Å². The van der Waals surface area contributed by atoms with Gasteiger partial charge in [-0.2, -0.15) is 12.7 Å². The van der Waals surface area contributed by atoms with Gasteiger partial charge in [0.05, 0.1) is 11.7 Å². The standard InChI is InChI=1S/C24H27N3O3S/c1-18-10-12-20(13-11-18)23(19-8-6-5-7-9-19)25-24(28)21-14-16-22(17-15-21)27(4)31(29,30)26(2)3/h5-17,23H,1-4H3,(H,25,28)/t23-/m1/s1. The fraction of sp³-hybridized carbons (Fsp3) is 0.208. The minimum absolute atomic E-state index is 0.237. The van der Waals surface area contributed by atoms with Crippen LogP contribution in [-0.4, -0.2) is 39.8 Å². The molecule has 0 aliphatic rings. The second-order valence-electron chi connectivity index (χ2n) is 7.53. The highest BCUT2D eigenvalue weighted by atomic mass is 32.2. The Balaban J connectivity index is 1.84. The van der Waals surface area contributed by atoms with Gasteiger partial charge < -0.3 is 5.32 Å². The van der Waals surface area contributed by atoms with Gasteiger partial charge in [0, 0.05) is 26.7 Å². The summed E-state index contributed by atoms with van der Waals surface area (Å²) in [6.07, 6.45) is 0. The lowest BCUT2D eigenvalue weighted by atomic mass is 9.97. The maximum Gasteiger partial charge on any atom is 0.303 e. The van der Waals surface area contributed by atoms with E-state index in [1.165, 1.54) is 25.4 Å². The Morgan fingerprint density at radius 1 is 0.806 bits per heavy atom. The van der Waals surface area contributed by atoms with Gasteiger partial charge in [-0.3, -0.25) is 9.10 Å². The summed E-state index contributed by atoms with van der Waals surface area (Å²) in [6, 6.07) is 24.1. The first-order chi connectivity index (χ1) is 14.7. The lowest BCUT2D eigenvalue weighted by Crippen LogP contribution is -2.37. The van der Waals surface area contributed by atoms with Crippen LogP contribution in [0.3, 0.4) is 0 Å². The number of benzene rings is 3. The minimum atomic E-state index is -3.59. The smallest absolute Gasteiger partial charge is 0.303 e. The Bertz CT molecular complexity index is 1130. The van der Waals surface area contributed by atoms with Gasteiger partial charge in [-0.05, 0) is 42.3 Å². The van der Waals surface area contributed by atoms with Crippen molar-refractivity contribution >= 4 is 21.8 Å². The van der Waals surface area contributed by atoms with Crippen molar-refractivity contribution in [1.29, 1.82) is 0 Å². The van der Waals surface area contributed by atoms with Gasteiger partial charge in [0.15, 0.2) is 0 Å². The van der Waals surface area contributed by atoms with Crippen LogP contribution >= 0.6 is 0 Å². The molecule has 0 aliphatic carbocycles. The number of hydrogen-bond acceptors (Lipinski definition) is 3. The van der Waals surface area contributed by atoms with Crippen LogP contribution in [0.2, 0.25) is 0 Å². The Morgan fingerprint density at radius 3 is 1.90 bits per heavy atom. The molecule has 1 atom stereocenters. The Morgan fingerprint density at radius 2 is 1.35 bits per heavy atom. The van der Waals surface area contributed by atoms with E-state index in [0.717, 1.165) is 21.0 Å². The van der Waals surface area contributed by atoms with Crippen molar-refractivity contribution in [3.05, 3.63) is 101 Å². The van der Waals surface area contributed by atoms with E-state index in [1.807, 2.05) is 61.5 Å². The highest BCUT2D eigenvalue weighted by Crippen LogP contribution is 2.24. The van der Waals surface area contributed by atoms with Crippen LogP contribution in [0.15, 0.2) is 78.9 Å². The number of carbonyl (C=O) groups excluding carboxylic acids is 1. The van der Waals surface area contributed by atoms with Crippen LogP contribution in [0.25, 0.3) is 0 Å². The van der Waals surface area contributed by atoms with Crippen molar-refractivity contribution in [3.63, 3.8) is 0 Å². The molecule has 6 nitrogen and oxygen atoms in total. The lowest BCUT2D eigenvalue weighted by molar-refractivity contribution is 0.0943. The van der Waals surface area contributed by atoms with E-state index < -0.39 is 10.2 Å². The van der Waals surface area contributed by atoms with Gasteiger partial charge in [0.25, 0.3) is 5.91 Å². The fourth-order valence-electron chi connectivity index (χ4n) is 3.18. The van der Waals surface area contributed by atoms with E-state index in [2.05, 4.69) is 5.32 Å². The minimum Gasteiger partial charge on any atom is -0.341 e. The van der Waals surface area contributed by atoms with Crippen molar-refractivity contribution in [3.8, 4) is 0 Å². The zero-order valence-electron chi connectivity index (χ0n) is 18.1. The molecule has 3 aromatic carbocycles. The summed E-state index contributed by atoms with van der Waals surface area (Å²) in [5.41, 5.74) is 4.04. The summed E-state index contributed by atoms with van der Waals surface area (Å²) in [5, 5.41) is 3.10. The third-order valence-corrected chi connectivity index (χ3v) is 6.95. The molecule has 31 heavy (non-hydrogen) atoms. The normalized spacial score (nSPS) is 12.4. The molecule has 3 rings (SSSR count). The van der Waals surface area contributed by atoms with Gasteiger partial charge >= 0.3 is 10.2 Å². The molecular weight excluding hydrogens is 410 g/mol. The van der Waals surface area contributed by atoms with E-state index in [-0.39, 0.29) is 11.9 Å². The Labute approximate surface area is 184 Å². The molecule has 0 aliphatic heterocycles. The number of amides is 1. The van der Waals surface area contributed by atoms with Crippen LogP contribution in [0, 0.1) is 6.92 Å². The van der Waals surface area contributed by atoms with Crippen molar-refractivity contribution < 1.29 is 13.2 Å². The van der Waals surface area contributed by atoms with Crippen LogP contribution in [0.5, 0.6) is 0 Å². The molecule has 0 radical (unpaired) electrons. The topological polar surface area (TPSA) is 69.7 Å². The van der Waals surface area contributed by atoms with Crippen LogP contribution in [0.4, 0.5) is 5.69 Å². The maximum atomic E-state index is 13.0. The van der Waals surface area contributed by atoms with Crippen LogP contribution in [0.1, 0.15) is 33.1 Å². The highest BCUT2D eigenvalue weighted by molar-refractivity contribution is 7.90. The molecule has 0 heterocycles. The van der Waals surface area contributed by atoms with E-state index >= 15 is 0 Å². The van der Waals surface area contributed by atoms with Crippen LogP contribution < -0.4 is 9.62 Å². The SMILES string of the molecule is Cc1ccc([C@H](NC(=O)c2ccc(N(C)S(=O)(=O)N(C)C)cc2)c2ccccc2)cc1. The molecule has 7 heteroatoms. The number of nitrogens with one attached hydrogen (secondary N) is 1. The van der Waals surface area contributed by atoms with E-state index in [0.29, 0.717) is 11.3 Å². The maximum absolute atomic E-state index is 13.0. The summed E-state index contributed by atoms with van der Waals surface area (Å²) in [6.45, 7) is 2.02. The molecule has 0 fully saturated rings. The van der Waals surface area contributed by atoms with E-state index in [1.54, 1.807) is 24.3 Å². The number of carbonyl (C=O) groups is 1. The predicted octanol–water partition coefficient (Wildman–Crippen LogP) is 3.76. The van der Waals surface area contributed by atoms with Crippen molar-refractivity contribution in [2.45, 2.75) is 13.0 Å². The fourth-order valence-corrected chi connectivity index (χ4v) is 4.06. The number of hydrogen-bond donors (Lipinski definition) is 1. The molecule has 1 amide bonds. The molecule has 0 unspecified atom stereocenters. The Kier molecular flexibility index (Phi) is 6.77. The lowest BCUT2D eigenvalue weighted by Gasteiger charge is -2.23. The summed E-state index contributed by atoms with van der Waals surface area (Å²) < 4.78 is 26.9. The second kappa shape index (κ2) is 9.32. The monoisotopic (exact) mass is 437 g/mol. The largest absolute Gasteiger partial charge is 0.341 e. The first-order valence-corrected chi connectivity index (χ1v) is 11.3. The summed E-state index contributed by atoms with van der Waals surface area (Å²) in [4.78, 5) is 13.0. The summed E-state index contributed by atoms with van der Waals surface area (Å²) in [5.74, 6) is -0.237. The Hall–Kier alpha value is -3.16. The van der Waals surface area contributed by atoms with Crippen molar-refractivity contribution in [2.24, 2.45) is 0 Å². The summed E-state index contributed by atoms with van der Waals surface area (Å²) >= 11 is 0. The van der Waals surface area contributed by atoms with E-state index in [9.17, 15) is 13.2 Å². The first-order valence-electron chi connectivity index (χ1n) is 9.89. The second-order valence-corrected chi connectivity index (χ2v) is 9.71. The molecule has 0 saturated carbocycles. The molecule has 0 bridgehead atoms. The molecular formula is C24H27N3O3S. The van der Waals surface area contributed by atoms with Gasteiger partial charge in [-0.1, -0.05) is 60.2 Å². The third-order valence-electron chi connectivity index (χ3n) is 5.12. The first kappa shape index (κ1) is 22.5. The average molecular weight is 438 g/mol. The zero-order valence-corrected chi connectivity index (χ0v) is 18.9. The number of nitrogens with zero attached hydrogens (tertiary/aromatic N) is 2. The third kappa shape index (κ3) is 5.13. The van der Waals surface area contributed by atoms with Gasteiger partial charge in [-0.15, -0.1) is 0 Å². The summed E-state index contributed by atoms with van der Waals surface area (Å²) in [7, 11) is 0.837. The van der Waals surface area contributed by atoms with Crippen LogP contribution in [-0.2, 0) is 10.2 Å². The molecule has 1 N–H and O–H groups in total. The zero-order chi connectivity index (χ0) is 22.6. The molecule has 0 spiro atoms. The molecule has 0 saturated heterocycles. The molecule has 162 valence electrons. The number of rotatable bonds is 7. The number of aryl methyl sites for hydroxylation is 1. The molecule has 0 aromatic heterocycles.